The van der Waals surface area contributed by atoms with Gasteiger partial charge in [0.15, 0.2) is 5.96 Å². The molecule has 7 heteroatoms. The van der Waals surface area contributed by atoms with Crippen LogP contribution < -0.4 is 10.6 Å². The first-order valence-electron chi connectivity index (χ1n) is 10.1. The molecule has 1 aliphatic rings. The van der Waals surface area contributed by atoms with Gasteiger partial charge >= 0.3 is 0 Å². The molecule has 2 rings (SSSR count). The fourth-order valence-corrected chi connectivity index (χ4v) is 3.20. The molecule has 1 aliphatic heterocycles. The van der Waals surface area contributed by atoms with Gasteiger partial charge in [-0.3, -0.25) is 9.79 Å². The summed E-state index contributed by atoms with van der Waals surface area (Å²) in [6.07, 6.45) is 4.15. The van der Waals surface area contributed by atoms with Gasteiger partial charge in [-0.2, -0.15) is 0 Å². The van der Waals surface area contributed by atoms with Gasteiger partial charge in [0, 0.05) is 59.1 Å². The van der Waals surface area contributed by atoms with Gasteiger partial charge < -0.3 is 25.0 Å². The minimum atomic E-state index is -0.0300. The van der Waals surface area contributed by atoms with Gasteiger partial charge in [0.2, 0.25) is 0 Å². The van der Waals surface area contributed by atoms with E-state index in [2.05, 4.69) is 20.5 Å². The van der Waals surface area contributed by atoms with E-state index in [9.17, 15) is 4.79 Å². The van der Waals surface area contributed by atoms with E-state index in [4.69, 9.17) is 9.47 Å². The van der Waals surface area contributed by atoms with Crippen molar-refractivity contribution in [3.8, 4) is 0 Å². The number of hydrogen-bond acceptors (Lipinski definition) is 4. The Balaban J connectivity index is 1.58. The van der Waals surface area contributed by atoms with Crippen LogP contribution in [0.3, 0.4) is 0 Å². The van der Waals surface area contributed by atoms with Crippen molar-refractivity contribution < 1.29 is 14.3 Å². The second-order valence-electron chi connectivity index (χ2n) is 6.85. The molecule has 7 nitrogen and oxygen atoms in total. The van der Waals surface area contributed by atoms with Gasteiger partial charge in [0.1, 0.15) is 0 Å². The summed E-state index contributed by atoms with van der Waals surface area (Å²) in [4.78, 5) is 18.7. The first-order valence-corrected chi connectivity index (χ1v) is 10.1. The molecule has 0 spiro atoms. The lowest BCUT2D eigenvalue weighted by Crippen LogP contribution is -2.47. The zero-order valence-corrected chi connectivity index (χ0v) is 17.2. The minimum absolute atomic E-state index is 0.0300. The van der Waals surface area contributed by atoms with Crippen LogP contribution in [0.5, 0.6) is 0 Å². The van der Waals surface area contributed by atoms with Crippen molar-refractivity contribution in [1.82, 2.24) is 15.5 Å². The van der Waals surface area contributed by atoms with Crippen LogP contribution in [0, 0.1) is 0 Å². The van der Waals surface area contributed by atoms with Crippen molar-refractivity contribution >= 4 is 11.9 Å². The van der Waals surface area contributed by atoms with E-state index in [1.54, 1.807) is 7.11 Å². The van der Waals surface area contributed by atoms with Crippen LogP contribution in [0.15, 0.2) is 35.3 Å². The second kappa shape index (κ2) is 13.1. The molecule has 28 heavy (non-hydrogen) atoms. The number of amides is 1. The molecule has 0 atom stereocenters. The molecule has 0 bridgehead atoms. The Morgan fingerprint density at radius 2 is 1.82 bits per heavy atom. The Kier molecular flexibility index (Phi) is 10.4. The number of aliphatic imine (C=N–C) groups is 1. The molecule has 1 aromatic rings. The van der Waals surface area contributed by atoms with Crippen LogP contribution >= 0.6 is 0 Å². The Morgan fingerprint density at radius 1 is 1.11 bits per heavy atom. The van der Waals surface area contributed by atoms with Gasteiger partial charge in [0.05, 0.1) is 6.10 Å². The van der Waals surface area contributed by atoms with E-state index in [-0.39, 0.29) is 5.91 Å². The van der Waals surface area contributed by atoms with Crippen molar-refractivity contribution in [3.05, 3.63) is 35.9 Å². The fourth-order valence-electron chi connectivity index (χ4n) is 3.20. The highest BCUT2D eigenvalue weighted by Gasteiger charge is 2.21. The fraction of sp³-hybridized carbons (Fsp3) is 0.619. The summed E-state index contributed by atoms with van der Waals surface area (Å²) < 4.78 is 11.0. The molecule has 0 unspecified atom stereocenters. The molecular weight excluding hydrogens is 356 g/mol. The number of methoxy groups -OCH3 is 1. The lowest BCUT2D eigenvalue weighted by atomic mass is 10.1. The number of rotatable bonds is 10. The van der Waals surface area contributed by atoms with Gasteiger partial charge in [-0.25, -0.2) is 0 Å². The normalized spacial score (nSPS) is 15.5. The zero-order valence-electron chi connectivity index (χ0n) is 17.2. The van der Waals surface area contributed by atoms with Crippen LogP contribution in [0.4, 0.5) is 0 Å². The van der Waals surface area contributed by atoms with E-state index in [1.165, 1.54) is 0 Å². The molecule has 1 aromatic carbocycles. The van der Waals surface area contributed by atoms with E-state index < -0.39 is 0 Å². The number of carbonyl (C=O) groups excluding carboxylic acids is 1. The maximum Gasteiger partial charge on any atom is 0.251 e. The molecule has 2 N–H and O–H groups in total. The average Bonchev–Trinajstić information content (AvgIpc) is 2.75. The number of nitrogens with zero attached hydrogens (tertiary/aromatic N) is 2. The molecule has 156 valence electrons. The van der Waals surface area contributed by atoms with Crippen LogP contribution in [0.25, 0.3) is 0 Å². The third-order valence-electron chi connectivity index (χ3n) is 4.76. The SMILES string of the molecule is CN=C(NCCCNC(=O)c1ccccc1)N1CCC(OCCCOC)CC1. The van der Waals surface area contributed by atoms with Crippen LogP contribution in [0.2, 0.25) is 0 Å². The topological polar surface area (TPSA) is 75.2 Å². The number of nitrogens with one attached hydrogen (secondary N) is 2. The maximum absolute atomic E-state index is 12.0. The predicted molar refractivity (Wildman–Crippen MR) is 112 cm³/mol. The zero-order chi connectivity index (χ0) is 20.0. The number of guanidine groups is 1. The highest BCUT2D eigenvalue weighted by Crippen LogP contribution is 2.14. The molecular formula is C21H34N4O3. The summed E-state index contributed by atoms with van der Waals surface area (Å²) in [7, 11) is 3.53. The predicted octanol–water partition coefficient (Wildman–Crippen LogP) is 1.90. The number of benzene rings is 1. The van der Waals surface area contributed by atoms with Crippen molar-refractivity contribution in [2.45, 2.75) is 31.8 Å². The number of hydrogen-bond donors (Lipinski definition) is 2. The molecule has 1 amide bonds. The Morgan fingerprint density at radius 3 is 2.50 bits per heavy atom. The minimum Gasteiger partial charge on any atom is -0.385 e. The molecule has 0 radical (unpaired) electrons. The number of ether oxygens (including phenoxy) is 2. The number of likely N-dealkylation sites (tertiary alicyclic amines) is 1. The molecule has 0 saturated carbocycles. The summed E-state index contributed by atoms with van der Waals surface area (Å²) >= 11 is 0. The maximum atomic E-state index is 12.0. The van der Waals surface area contributed by atoms with E-state index in [0.717, 1.165) is 64.5 Å². The van der Waals surface area contributed by atoms with E-state index in [1.807, 2.05) is 37.4 Å². The third kappa shape index (κ3) is 7.86. The standard InChI is InChI=1S/C21H34N4O3/c1-22-21(25-14-10-19(11-15-25)28-17-7-16-27-2)24-13-6-12-23-20(26)18-8-4-3-5-9-18/h3-5,8-9,19H,6-7,10-17H2,1-2H3,(H,22,24)(H,23,26). The quantitative estimate of drug-likeness (QED) is 0.363. The van der Waals surface area contributed by atoms with Gasteiger partial charge in [-0.05, 0) is 37.8 Å². The van der Waals surface area contributed by atoms with E-state index in [0.29, 0.717) is 18.2 Å². The van der Waals surface area contributed by atoms with Gasteiger partial charge in [0.25, 0.3) is 5.91 Å². The largest absolute Gasteiger partial charge is 0.385 e. The highest BCUT2D eigenvalue weighted by molar-refractivity contribution is 5.94. The summed E-state index contributed by atoms with van der Waals surface area (Å²) in [5.74, 6) is 0.893. The van der Waals surface area contributed by atoms with Crippen molar-refractivity contribution in [1.29, 1.82) is 0 Å². The molecule has 0 aromatic heterocycles. The molecule has 0 aliphatic carbocycles. The Hall–Kier alpha value is -2.12. The van der Waals surface area contributed by atoms with Crippen LogP contribution in [0.1, 0.15) is 36.0 Å². The smallest absolute Gasteiger partial charge is 0.251 e. The van der Waals surface area contributed by atoms with Crippen molar-refractivity contribution in [2.75, 3.05) is 53.6 Å². The first-order chi connectivity index (χ1) is 13.7. The van der Waals surface area contributed by atoms with Crippen molar-refractivity contribution in [3.63, 3.8) is 0 Å². The van der Waals surface area contributed by atoms with Gasteiger partial charge in [-0.1, -0.05) is 18.2 Å². The van der Waals surface area contributed by atoms with Crippen LogP contribution in [-0.4, -0.2) is 76.4 Å². The summed E-state index contributed by atoms with van der Waals surface area (Å²) in [5.41, 5.74) is 0.693. The highest BCUT2D eigenvalue weighted by atomic mass is 16.5. The number of carbonyl (C=O) groups is 1. The molecule has 1 fully saturated rings. The first kappa shape index (κ1) is 22.2. The lowest BCUT2D eigenvalue weighted by molar-refractivity contribution is 0.00991. The van der Waals surface area contributed by atoms with Crippen LogP contribution in [-0.2, 0) is 9.47 Å². The number of piperidine rings is 1. The monoisotopic (exact) mass is 390 g/mol. The van der Waals surface area contributed by atoms with E-state index >= 15 is 0 Å². The second-order valence-corrected chi connectivity index (χ2v) is 6.85. The summed E-state index contributed by atoms with van der Waals surface area (Å²) in [6, 6.07) is 9.28. The third-order valence-corrected chi connectivity index (χ3v) is 4.76. The molecule has 1 saturated heterocycles. The molecule has 1 heterocycles. The Labute approximate surface area is 168 Å². The Bertz CT molecular complexity index is 587. The summed E-state index contributed by atoms with van der Waals surface area (Å²) in [6.45, 7) is 4.81. The lowest BCUT2D eigenvalue weighted by Gasteiger charge is -2.34. The van der Waals surface area contributed by atoms with Crippen molar-refractivity contribution in [2.24, 2.45) is 4.99 Å². The van der Waals surface area contributed by atoms with Gasteiger partial charge in [-0.15, -0.1) is 0 Å². The summed E-state index contributed by atoms with van der Waals surface area (Å²) in [5, 5.41) is 6.34. The average molecular weight is 391 g/mol.